The average Bonchev–Trinajstić information content (AvgIpc) is 2.91. The van der Waals surface area contributed by atoms with Crippen LogP contribution in [0, 0.1) is 0 Å². The van der Waals surface area contributed by atoms with Gasteiger partial charge in [0, 0.05) is 0 Å². The van der Waals surface area contributed by atoms with E-state index in [-0.39, 0.29) is 0 Å². The van der Waals surface area contributed by atoms with Gasteiger partial charge < -0.3 is 4.98 Å². The number of alkyl halides is 3. The summed E-state index contributed by atoms with van der Waals surface area (Å²) in [4.78, 5) is 7.82. The molecule has 2 heterocycles. The Morgan fingerprint density at radius 3 is 2.63 bits per heavy atom. The molecule has 0 radical (unpaired) electrons. The minimum atomic E-state index is -4.36. The standard InChI is InChI=1S/C12H6ClF3N2S/c13-7-3-4-19-10(7)11-17-8-2-1-6(12(14,15)16)5-9(8)18-11/h1-5H,(H,17,18). The fourth-order valence-corrected chi connectivity index (χ4v) is 2.85. The third kappa shape index (κ3) is 2.21. The second kappa shape index (κ2) is 4.25. The maximum atomic E-state index is 12.6. The smallest absolute Gasteiger partial charge is 0.337 e. The number of rotatable bonds is 1. The number of thiophene rings is 1. The molecule has 3 rings (SSSR count). The van der Waals surface area contributed by atoms with Gasteiger partial charge in [-0.15, -0.1) is 11.3 Å². The Labute approximate surface area is 114 Å². The number of hydrogen-bond acceptors (Lipinski definition) is 2. The molecule has 19 heavy (non-hydrogen) atoms. The predicted molar refractivity (Wildman–Crippen MR) is 69.4 cm³/mol. The van der Waals surface area contributed by atoms with Crippen LogP contribution in [0.15, 0.2) is 29.6 Å². The molecule has 0 saturated carbocycles. The molecule has 7 heteroatoms. The lowest BCUT2D eigenvalue weighted by Gasteiger charge is -2.05. The number of H-pyrrole nitrogens is 1. The topological polar surface area (TPSA) is 28.7 Å². The number of halogens is 4. The van der Waals surface area contributed by atoms with Crippen molar-refractivity contribution in [1.82, 2.24) is 9.97 Å². The van der Waals surface area contributed by atoms with Gasteiger partial charge in [-0.1, -0.05) is 11.6 Å². The minimum absolute atomic E-state index is 0.342. The predicted octanol–water partition coefficient (Wildman–Crippen LogP) is 4.96. The SMILES string of the molecule is FC(F)(F)c1ccc2nc(-c3sccc3Cl)[nH]c2c1. The Hall–Kier alpha value is -1.53. The molecule has 0 fully saturated rings. The second-order valence-corrected chi connectivity index (χ2v) is 5.24. The van der Waals surface area contributed by atoms with Crippen molar-refractivity contribution in [2.24, 2.45) is 0 Å². The molecular weight excluding hydrogens is 297 g/mol. The Morgan fingerprint density at radius 2 is 2.00 bits per heavy atom. The van der Waals surface area contributed by atoms with E-state index in [0.29, 0.717) is 26.8 Å². The summed E-state index contributed by atoms with van der Waals surface area (Å²) in [7, 11) is 0. The fourth-order valence-electron chi connectivity index (χ4n) is 1.76. The van der Waals surface area contributed by atoms with Gasteiger partial charge in [-0.2, -0.15) is 13.2 Å². The summed E-state index contributed by atoms with van der Waals surface area (Å²) in [5.41, 5.74) is 0.120. The van der Waals surface area contributed by atoms with Crippen LogP contribution in [0.1, 0.15) is 5.56 Å². The molecule has 0 aliphatic heterocycles. The molecule has 0 aliphatic carbocycles. The van der Waals surface area contributed by atoms with Crippen molar-refractivity contribution in [3.63, 3.8) is 0 Å². The van der Waals surface area contributed by atoms with E-state index in [1.807, 2.05) is 0 Å². The molecule has 0 bridgehead atoms. The molecule has 1 N–H and O–H groups in total. The van der Waals surface area contributed by atoms with Gasteiger partial charge in [-0.3, -0.25) is 0 Å². The van der Waals surface area contributed by atoms with E-state index in [1.165, 1.54) is 17.4 Å². The van der Waals surface area contributed by atoms with Crippen LogP contribution in [0.25, 0.3) is 21.7 Å². The summed E-state index contributed by atoms with van der Waals surface area (Å²) >= 11 is 7.36. The lowest BCUT2D eigenvalue weighted by atomic mass is 10.2. The zero-order valence-electron chi connectivity index (χ0n) is 9.25. The molecule has 0 atom stereocenters. The van der Waals surface area contributed by atoms with Crippen molar-refractivity contribution in [3.05, 3.63) is 40.2 Å². The highest BCUT2D eigenvalue weighted by atomic mass is 35.5. The van der Waals surface area contributed by atoms with Gasteiger partial charge in [0.05, 0.1) is 26.5 Å². The monoisotopic (exact) mass is 302 g/mol. The lowest BCUT2D eigenvalue weighted by molar-refractivity contribution is -0.137. The summed E-state index contributed by atoms with van der Waals surface area (Å²) in [6.07, 6.45) is -4.36. The Morgan fingerprint density at radius 1 is 1.21 bits per heavy atom. The zero-order chi connectivity index (χ0) is 13.6. The van der Waals surface area contributed by atoms with E-state index in [0.717, 1.165) is 12.1 Å². The van der Waals surface area contributed by atoms with Crippen molar-refractivity contribution < 1.29 is 13.2 Å². The van der Waals surface area contributed by atoms with Crippen LogP contribution in [-0.4, -0.2) is 9.97 Å². The van der Waals surface area contributed by atoms with Gasteiger partial charge in [0.25, 0.3) is 0 Å². The Kier molecular flexibility index (Phi) is 2.79. The van der Waals surface area contributed by atoms with E-state index < -0.39 is 11.7 Å². The van der Waals surface area contributed by atoms with E-state index in [9.17, 15) is 13.2 Å². The maximum Gasteiger partial charge on any atom is 0.416 e. The highest BCUT2D eigenvalue weighted by Gasteiger charge is 2.30. The van der Waals surface area contributed by atoms with Crippen LogP contribution in [0.4, 0.5) is 13.2 Å². The molecule has 0 spiro atoms. The van der Waals surface area contributed by atoms with Crippen molar-refractivity contribution in [2.45, 2.75) is 6.18 Å². The van der Waals surface area contributed by atoms with Crippen LogP contribution in [0.2, 0.25) is 5.02 Å². The fraction of sp³-hybridized carbons (Fsp3) is 0.0833. The second-order valence-electron chi connectivity index (χ2n) is 3.91. The summed E-state index contributed by atoms with van der Waals surface area (Å²) in [6.45, 7) is 0. The first-order valence-electron chi connectivity index (χ1n) is 5.25. The summed E-state index contributed by atoms with van der Waals surface area (Å²) < 4.78 is 37.8. The number of imidazole rings is 1. The van der Waals surface area contributed by atoms with Crippen molar-refractivity contribution in [1.29, 1.82) is 0 Å². The lowest BCUT2D eigenvalue weighted by Crippen LogP contribution is -2.04. The van der Waals surface area contributed by atoms with Crippen molar-refractivity contribution >= 4 is 34.0 Å². The molecule has 1 aromatic carbocycles. The number of fused-ring (bicyclic) bond motifs is 1. The highest BCUT2D eigenvalue weighted by Crippen LogP contribution is 2.34. The largest absolute Gasteiger partial charge is 0.416 e. The van der Waals surface area contributed by atoms with Crippen LogP contribution in [-0.2, 0) is 6.18 Å². The summed E-state index contributed by atoms with van der Waals surface area (Å²) in [6, 6.07) is 5.13. The van der Waals surface area contributed by atoms with Gasteiger partial charge >= 0.3 is 6.18 Å². The van der Waals surface area contributed by atoms with E-state index in [4.69, 9.17) is 11.6 Å². The third-order valence-corrected chi connectivity index (χ3v) is 3.99. The first-order chi connectivity index (χ1) is 8.95. The first kappa shape index (κ1) is 12.5. The van der Waals surface area contributed by atoms with Crippen LogP contribution in [0.3, 0.4) is 0 Å². The van der Waals surface area contributed by atoms with E-state index in [1.54, 1.807) is 11.4 Å². The Balaban J connectivity index is 2.14. The van der Waals surface area contributed by atoms with Crippen LogP contribution < -0.4 is 0 Å². The third-order valence-electron chi connectivity index (χ3n) is 2.64. The molecule has 0 saturated heterocycles. The highest BCUT2D eigenvalue weighted by molar-refractivity contribution is 7.14. The molecule has 0 unspecified atom stereocenters. The first-order valence-corrected chi connectivity index (χ1v) is 6.51. The quantitative estimate of drug-likeness (QED) is 0.676. The number of nitrogens with one attached hydrogen (secondary N) is 1. The van der Waals surface area contributed by atoms with Crippen molar-refractivity contribution in [3.8, 4) is 10.7 Å². The molecule has 2 aromatic heterocycles. The van der Waals surface area contributed by atoms with Gasteiger partial charge in [0.1, 0.15) is 5.82 Å². The normalized spacial score (nSPS) is 12.2. The zero-order valence-corrected chi connectivity index (χ0v) is 10.8. The Bertz CT molecular complexity index is 745. The average molecular weight is 303 g/mol. The molecule has 0 amide bonds. The van der Waals surface area contributed by atoms with Gasteiger partial charge in [-0.25, -0.2) is 4.98 Å². The molecule has 3 aromatic rings. The number of hydrogen-bond donors (Lipinski definition) is 1. The maximum absolute atomic E-state index is 12.6. The molecular formula is C12H6ClF3N2S. The number of benzene rings is 1. The summed E-state index contributed by atoms with van der Waals surface area (Å²) in [5.74, 6) is 0.481. The van der Waals surface area contributed by atoms with E-state index in [2.05, 4.69) is 9.97 Å². The van der Waals surface area contributed by atoms with Crippen molar-refractivity contribution in [2.75, 3.05) is 0 Å². The van der Waals surface area contributed by atoms with E-state index >= 15 is 0 Å². The van der Waals surface area contributed by atoms with Gasteiger partial charge in [0.15, 0.2) is 0 Å². The van der Waals surface area contributed by atoms with Gasteiger partial charge in [-0.05, 0) is 29.6 Å². The molecule has 2 nitrogen and oxygen atoms in total. The van der Waals surface area contributed by atoms with Crippen LogP contribution in [0.5, 0.6) is 0 Å². The number of aromatic nitrogens is 2. The number of aromatic amines is 1. The van der Waals surface area contributed by atoms with Crippen LogP contribution >= 0.6 is 22.9 Å². The minimum Gasteiger partial charge on any atom is -0.337 e. The number of nitrogens with zero attached hydrogens (tertiary/aromatic N) is 1. The summed E-state index contributed by atoms with van der Waals surface area (Å²) in [5, 5.41) is 2.33. The molecule has 98 valence electrons. The van der Waals surface area contributed by atoms with Gasteiger partial charge in [0.2, 0.25) is 0 Å². The molecule has 0 aliphatic rings.